The van der Waals surface area contributed by atoms with E-state index in [1.165, 1.54) is 22.3 Å². The molecule has 3 aromatic rings. The second-order valence-corrected chi connectivity index (χ2v) is 7.58. The number of rotatable bonds is 8. The number of aryl methyl sites for hydroxylation is 2. The molecule has 0 fully saturated rings. The van der Waals surface area contributed by atoms with Crippen molar-refractivity contribution in [2.45, 2.75) is 60.9 Å². The molecule has 3 aromatic carbocycles. The minimum Gasteiger partial charge on any atom is -0.375 e. The molecule has 182 valence electrons. The fraction of sp³-hybridized carbons (Fsp3) is 0.281. The summed E-state index contributed by atoms with van der Waals surface area (Å²) < 4.78 is 0. The molecule has 0 aliphatic rings. The van der Waals surface area contributed by atoms with Gasteiger partial charge in [0.2, 0.25) is 0 Å². The number of ketones is 1. The van der Waals surface area contributed by atoms with Crippen LogP contribution in [0.15, 0.2) is 86.0 Å². The first-order valence-corrected chi connectivity index (χ1v) is 12.3. The molecule has 3 rings (SSSR count). The van der Waals surface area contributed by atoms with Gasteiger partial charge in [-0.25, -0.2) is 0 Å². The molecule has 1 unspecified atom stereocenters. The highest BCUT2D eigenvalue weighted by atomic mass is 16.1. The SMILES string of the molecule is C=CC(NC(=C)c1ccc(C(=O)CC)cc1)c1ccc(-c2ccccc2C)c(C)c1.CC.CC.[HH]. The van der Waals surface area contributed by atoms with Crippen LogP contribution in [-0.4, -0.2) is 5.78 Å². The first kappa shape index (κ1) is 28.6. The van der Waals surface area contributed by atoms with Gasteiger partial charge in [-0.2, -0.15) is 0 Å². The van der Waals surface area contributed by atoms with Gasteiger partial charge in [0.15, 0.2) is 5.78 Å². The predicted molar refractivity (Wildman–Crippen MR) is 152 cm³/mol. The van der Waals surface area contributed by atoms with Crippen LogP contribution in [0, 0.1) is 13.8 Å². The molecule has 0 saturated carbocycles. The van der Waals surface area contributed by atoms with Crippen LogP contribution in [0.25, 0.3) is 16.8 Å². The topological polar surface area (TPSA) is 29.1 Å². The van der Waals surface area contributed by atoms with Gasteiger partial charge in [0, 0.05) is 19.1 Å². The summed E-state index contributed by atoms with van der Waals surface area (Å²) >= 11 is 0. The van der Waals surface area contributed by atoms with Crippen molar-refractivity contribution in [2.75, 3.05) is 0 Å². The van der Waals surface area contributed by atoms with E-state index in [1.54, 1.807) is 0 Å². The predicted octanol–water partition coefficient (Wildman–Crippen LogP) is 9.35. The average molecular weight is 458 g/mol. The number of carbonyl (C=O) groups excluding carboxylic acids is 1. The Morgan fingerprint density at radius 2 is 1.44 bits per heavy atom. The monoisotopic (exact) mass is 457 g/mol. The number of Topliss-reactive ketones (excluding diaryl/α,β-unsaturated/α-hetero) is 1. The molecule has 0 aromatic heterocycles. The van der Waals surface area contributed by atoms with E-state index in [2.05, 4.69) is 74.8 Å². The van der Waals surface area contributed by atoms with E-state index < -0.39 is 0 Å². The van der Waals surface area contributed by atoms with Crippen LogP contribution in [0.3, 0.4) is 0 Å². The van der Waals surface area contributed by atoms with Crippen molar-refractivity contribution in [1.29, 1.82) is 0 Å². The van der Waals surface area contributed by atoms with Gasteiger partial charge in [0.05, 0.1) is 6.04 Å². The minimum absolute atomic E-state index is 0. The van der Waals surface area contributed by atoms with Crippen LogP contribution in [0.1, 0.15) is 81.1 Å². The third kappa shape index (κ3) is 7.31. The molecular formula is C32H43NO. The van der Waals surface area contributed by atoms with E-state index in [9.17, 15) is 4.79 Å². The first-order valence-electron chi connectivity index (χ1n) is 12.3. The second kappa shape index (κ2) is 14.7. The van der Waals surface area contributed by atoms with Gasteiger partial charge in [-0.3, -0.25) is 4.79 Å². The summed E-state index contributed by atoms with van der Waals surface area (Å²) in [4.78, 5) is 11.8. The van der Waals surface area contributed by atoms with Crippen LogP contribution < -0.4 is 5.32 Å². The lowest BCUT2D eigenvalue weighted by molar-refractivity contribution is 0.0988. The quantitative estimate of drug-likeness (QED) is 0.270. The first-order chi connectivity index (χ1) is 16.4. The standard InChI is InChI=1S/C28H29NO.2C2H6.H2/c1-6-27(29-21(5)22-12-14-23(15-13-22)28(30)7-2)24-16-17-26(20(4)18-24)25-11-9-8-10-19(25)3;2*1-2;/h6,8-18,27,29H,1,5,7H2,2-4H3;2*1-2H3;1H. The molecule has 34 heavy (non-hydrogen) atoms. The van der Waals surface area contributed by atoms with Crippen molar-refractivity contribution in [3.63, 3.8) is 0 Å². The molecule has 2 heteroatoms. The molecule has 0 spiro atoms. The van der Waals surface area contributed by atoms with E-state index >= 15 is 0 Å². The van der Waals surface area contributed by atoms with Gasteiger partial charge < -0.3 is 5.32 Å². The molecule has 0 radical (unpaired) electrons. The Morgan fingerprint density at radius 3 is 1.97 bits per heavy atom. The molecule has 0 bridgehead atoms. The van der Waals surface area contributed by atoms with Crippen LogP contribution in [-0.2, 0) is 0 Å². The highest BCUT2D eigenvalue weighted by Gasteiger charge is 2.12. The van der Waals surface area contributed by atoms with E-state index in [1.807, 2.05) is 65.0 Å². The Balaban J connectivity index is 0.00000220. The number of hydrogen-bond acceptors (Lipinski definition) is 2. The Hall–Kier alpha value is -3.39. The minimum atomic E-state index is -0.0564. The van der Waals surface area contributed by atoms with Gasteiger partial charge in [0.25, 0.3) is 0 Å². The lowest BCUT2D eigenvalue weighted by Gasteiger charge is -2.20. The zero-order valence-electron chi connectivity index (χ0n) is 22.0. The largest absolute Gasteiger partial charge is 0.375 e. The van der Waals surface area contributed by atoms with E-state index in [0.717, 1.165) is 22.4 Å². The van der Waals surface area contributed by atoms with Crippen LogP contribution in [0.4, 0.5) is 0 Å². The Morgan fingerprint density at radius 1 is 0.882 bits per heavy atom. The summed E-state index contributed by atoms with van der Waals surface area (Å²) in [6, 6.07) is 22.5. The number of benzene rings is 3. The molecule has 0 aliphatic heterocycles. The Labute approximate surface area is 208 Å². The highest BCUT2D eigenvalue weighted by molar-refractivity contribution is 5.96. The van der Waals surface area contributed by atoms with E-state index in [0.29, 0.717) is 6.42 Å². The maximum Gasteiger partial charge on any atom is 0.162 e. The lowest BCUT2D eigenvalue weighted by atomic mass is 9.93. The van der Waals surface area contributed by atoms with Gasteiger partial charge in [-0.15, -0.1) is 6.58 Å². The zero-order chi connectivity index (χ0) is 25.7. The van der Waals surface area contributed by atoms with Gasteiger partial charge in [0.1, 0.15) is 0 Å². The van der Waals surface area contributed by atoms with Crippen molar-refractivity contribution >= 4 is 11.5 Å². The Bertz CT molecular complexity index is 1080. The summed E-state index contributed by atoms with van der Waals surface area (Å²) in [5, 5.41) is 3.46. The van der Waals surface area contributed by atoms with Gasteiger partial charge in [-0.1, -0.05) is 114 Å². The van der Waals surface area contributed by atoms with Crippen molar-refractivity contribution < 1.29 is 6.22 Å². The summed E-state index contributed by atoms with van der Waals surface area (Å²) in [5.74, 6) is 0.147. The average Bonchev–Trinajstić information content (AvgIpc) is 2.89. The summed E-state index contributed by atoms with van der Waals surface area (Å²) in [6.07, 6.45) is 2.40. The highest BCUT2D eigenvalue weighted by Crippen LogP contribution is 2.29. The van der Waals surface area contributed by atoms with Crippen molar-refractivity contribution in [1.82, 2.24) is 5.32 Å². The Kier molecular flexibility index (Phi) is 12.4. The molecule has 0 amide bonds. The molecule has 1 N–H and O–H groups in total. The van der Waals surface area contributed by atoms with Crippen molar-refractivity contribution in [3.05, 3.63) is 114 Å². The van der Waals surface area contributed by atoms with E-state index in [4.69, 9.17) is 0 Å². The lowest BCUT2D eigenvalue weighted by Crippen LogP contribution is -2.17. The van der Waals surface area contributed by atoms with Gasteiger partial charge >= 0.3 is 0 Å². The maximum atomic E-state index is 11.8. The maximum absolute atomic E-state index is 11.8. The third-order valence-corrected chi connectivity index (χ3v) is 5.49. The fourth-order valence-electron chi connectivity index (χ4n) is 3.67. The summed E-state index contributed by atoms with van der Waals surface area (Å²) in [7, 11) is 0. The summed E-state index contributed by atoms with van der Waals surface area (Å²) in [5.41, 5.74) is 8.63. The number of nitrogens with one attached hydrogen (secondary N) is 1. The van der Waals surface area contributed by atoms with Crippen LogP contribution in [0.5, 0.6) is 0 Å². The molecule has 0 saturated heterocycles. The molecule has 0 aliphatic carbocycles. The van der Waals surface area contributed by atoms with Gasteiger partial charge in [-0.05, 0) is 47.2 Å². The molecular weight excluding hydrogens is 414 g/mol. The van der Waals surface area contributed by atoms with Crippen LogP contribution >= 0.6 is 0 Å². The molecule has 0 heterocycles. The summed E-state index contributed by atoms with van der Waals surface area (Å²) in [6.45, 7) is 22.4. The number of hydrogen-bond donors (Lipinski definition) is 1. The zero-order valence-corrected chi connectivity index (χ0v) is 22.0. The number of carbonyl (C=O) groups is 1. The fourth-order valence-corrected chi connectivity index (χ4v) is 3.67. The smallest absolute Gasteiger partial charge is 0.162 e. The van der Waals surface area contributed by atoms with Crippen molar-refractivity contribution in [2.24, 2.45) is 0 Å². The second-order valence-electron chi connectivity index (χ2n) is 7.58. The third-order valence-electron chi connectivity index (χ3n) is 5.49. The molecule has 2 nitrogen and oxygen atoms in total. The van der Waals surface area contributed by atoms with E-state index in [-0.39, 0.29) is 13.3 Å². The van der Waals surface area contributed by atoms with Crippen LogP contribution in [0.2, 0.25) is 0 Å². The normalized spacial score (nSPS) is 10.6. The van der Waals surface area contributed by atoms with Crippen molar-refractivity contribution in [3.8, 4) is 11.1 Å². The molecule has 1 atom stereocenters.